The van der Waals surface area contributed by atoms with Gasteiger partial charge in [-0.1, -0.05) is 23.7 Å². The van der Waals surface area contributed by atoms with Crippen LogP contribution < -0.4 is 10.6 Å². The summed E-state index contributed by atoms with van der Waals surface area (Å²) in [5.74, 6) is 2.45. The summed E-state index contributed by atoms with van der Waals surface area (Å²) in [6, 6.07) is 9.87. The monoisotopic (exact) mass is 333 g/mol. The van der Waals surface area contributed by atoms with Crippen LogP contribution in [0.2, 0.25) is 5.02 Å². The zero-order chi connectivity index (χ0) is 16.7. The third kappa shape index (κ3) is 6.42. The van der Waals surface area contributed by atoms with Crippen LogP contribution in [0, 0.1) is 6.92 Å². The van der Waals surface area contributed by atoms with Crippen molar-refractivity contribution in [3.05, 3.63) is 46.7 Å². The van der Waals surface area contributed by atoms with Crippen LogP contribution in [0.1, 0.15) is 11.4 Å². The number of rotatable bonds is 8. The van der Waals surface area contributed by atoms with Crippen LogP contribution in [0.15, 0.2) is 30.3 Å². The molecule has 0 aliphatic heterocycles. The van der Waals surface area contributed by atoms with Crippen LogP contribution in [-0.4, -0.2) is 48.6 Å². The Morgan fingerprint density at radius 3 is 2.39 bits per heavy atom. The molecular weight excluding hydrogens is 310 g/mol. The van der Waals surface area contributed by atoms with E-state index in [1.807, 2.05) is 31.2 Å². The van der Waals surface area contributed by atoms with Crippen molar-refractivity contribution in [3.8, 4) is 0 Å². The van der Waals surface area contributed by atoms with E-state index in [0.717, 1.165) is 48.5 Å². The molecule has 1 heterocycles. The lowest BCUT2D eigenvalue weighted by Gasteiger charge is -2.12. The Morgan fingerprint density at radius 2 is 1.74 bits per heavy atom. The van der Waals surface area contributed by atoms with Gasteiger partial charge in [0.1, 0.15) is 17.5 Å². The molecule has 1 aromatic heterocycles. The summed E-state index contributed by atoms with van der Waals surface area (Å²) >= 11 is 6.00. The van der Waals surface area contributed by atoms with E-state index < -0.39 is 0 Å². The molecule has 6 heteroatoms. The van der Waals surface area contributed by atoms with E-state index >= 15 is 0 Å². The van der Waals surface area contributed by atoms with Gasteiger partial charge in [-0.25, -0.2) is 9.97 Å². The Kier molecular flexibility index (Phi) is 6.62. The second-order valence-corrected chi connectivity index (χ2v) is 6.16. The molecule has 2 rings (SSSR count). The van der Waals surface area contributed by atoms with Crippen LogP contribution in [-0.2, 0) is 6.42 Å². The highest BCUT2D eigenvalue weighted by atomic mass is 35.5. The van der Waals surface area contributed by atoms with E-state index in [9.17, 15) is 0 Å². The molecule has 0 atom stereocenters. The molecule has 124 valence electrons. The molecule has 0 fully saturated rings. The molecule has 23 heavy (non-hydrogen) atoms. The van der Waals surface area contributed by atoms with Crippen molar-refractivity contribution in [2.75, 3.05) is 44.4 Å². The summed E-state index contributed by atoms with van der Waals surface area (Å²) in [5.41, 5.74) is 1.21. The fraction of sp³-hybridized carbons (Fsp3) is 0.412. The number of hydrogen-bond acceptors (Lipinski definition) is 5. The van der Waals surface area contributed by atoms with Crippen molar-refractivity contribution in [2.45, 2.75) is 13.3 Å². The topological polar surface area (TPSA) is 53.1 Å². The third-order valence-corrected chi connectivity index (χ3v) is 3.55. The first kappa shape index (κ1) is 17.5. The van der Waals surface area contributed by atoms with Gasteiger partial charge in [-0.15, -0.1) is 0 Å². The molecule has 5 nitrogen and oxygen atoms in total. The first-order chi connectivity index (χ1) is 11.0. The minimum Gasteiger partial charge on any atom is -0.370 e. The van der Waals surface area contributed by atoms with Gasteiger partial charge in [0.2, 0.25) is 0 Å². The number of hydrogen-bond donors (Lipinski definition) is 2. The lowest BCUT2D eigenvalue weighted by atomic mass is 10.1. The van der Waals surface area contributed by atoms with E-state index in [2.05, 4.69) is 45.7 Å². The Balaban J connectivity index is 1.88. The molecule has 0 unspecified atom stereocenters. The van der Waals surface area contributed by atoms with Gasteiger partial charge in [0.05, 0.1) is 0 Å². The van der Waals surface area contributed by atoms with Gasteiger partial charge in [0, 0.05) is 30.7 Å². The van der Waals surface area contributed by atoms with Crippen molar-refractivity contribution >= 4 is 23.2 Å². The average molecular weight is 334 g/mol. The Morgan fingerprint density at radius 1 is 1.04 bits per heavy atom. The predicted octanol–water partition coefficient (Wildman–Crippen LogP) is 3.07. The van der Waals surface area contributed by atoms with E-state index in [0.29, 0.717) is 0 Å². The molecule has 0 saturated heterocycles. The lowest BCUT2D eigenvalue weighted by Crippen LogP contribution is -2.21. The van der Waals surface area contributed by atoms with E-state index in [1.165, 1.54) is 5.56 Å². The fourth-order valence-electron chi connectivity index (χ4n) is 2.18. The van der Waals surface area contributed by atoms with Crippen molar-refractivity contribution in [3.63, 3.8) is 0 Å². The van der Waals surface area contributed by atoms with Gasteiger partial charge < -0.3 is 15.5 Å². The lowest BCUT2D eigenvalue weighted by molar-refractivity contribution is 0.425. The fourth-order valence-corrected chi connectivity index (χ4v) is 2.40. The zero-order valence-corrected chi connectivity index (χ0v) is 14.7. The summed E-state index contributed by atoms with van der Waals surface area (Å²) in [4.78, 5) is 11.0. The molecule has 0 aliphatic carbocycles. The molecule has 0 saturated carbocycles. The second-order valence-electron chi connectivity index (χ2n) is 5.72. The van der Waals surface area contributed by atoms with Crippen LogP contribution in [0.4, 0.5) is 11.6 Å². The van der Waals surface area contributed by atoms with Crippen molar-refractivity contribution in [1.82, 2.24) is 14.9 Å². The maximum atomic E-state index is 6.00. The molecule has 2 aromatic rings. The largest absolute Gasteiger partial charge is 0.370 e. The standard InChI is InChI=1S/C17H24ClN5/c1-13-21-16(12-17(22-13)20-9-10-23(2)3)19-8-7-14-5-4-6-15(18)11-14/h4-6,11-12H,7-10H2,1-3H3,(H2,19,20,21,22). The second kappa shape index (κ2) is 8.70. The van der Waals surface area contributed by atoms with Crippen LogP contribution in [0.3, 0.4) is 0 Å². The number of aryl methyl sites for hydroxylation is 1. The molecule has 0 radical (unpaired) electrons. The molecule has 0 bridgehead atoms. The highest BCUT2D eigenvalue weighted by Crippen LogP contribution is 2.13. The summed E-state index contributed by atoms with van der Waals surface area (Å²) in [6.07, 6.45) is 0.896. The quantitative estimate of drug-likeness (QED) is 0.777. The minimum atomic E-state index is 0.755. The number of benzene rings is 1. The summed E-state index contributed by atoms with van der Waals surface area (Å²) < 4.78 is 0. The predicted molar refractivity (Wildman–Crippen MR) is 97.5 cm³/mol. The molecule has 2 N–H and O–H groups in total. The minimum absolute atomic E-state index is 0.755. The van der Waals surface area contributed by atoms with Crippen LogP contribution >= 0.6 is 11.6 Å². The number of nitrogens with one attached hydrogen (secondary N) is 2. The highest BCUT2D eigenvalue weighted by Gasteiger charge is 2.02. The number of nitrogens with zero attached hydrogens (tertiary/aromatic N) is 3. The number of aromatic nitrogens is 2. The van der Waals surface area contributed by atoms with Gasteiger partial charge in [-0.2, -0.15) is 0 Å². The summed E-state index contributed by atoms with van der Waals surface area (Å²) in [7, 11) is 4.10. The zero-order valence-electron chi connectivity index (χ0n) is 13.9. The van der Waals surface area contributed by atoms with Crippen molar-refractivity contribution in [1.29, 1.82) is 0 Å². The van der Waals surface area contributed by atoms with E-state index in [1.54, 1.807) is 0 Å². The molecule has 0 amide bonds. The first-order valence-corrected chi connectivity index (χ1v) is 8.13. The Hall–Kier alpha value is -1.85. The molecule has 0 aliphatic rings. The SMILES string of the molecule is Cc1nc(NCCc2cccc(Cl)c2)cc(NCCN(C)C)n1. The maximum Gasteiger partial charge on any atom is 0.131 e. The van der Waals surface area contributed by atoms with Crippen LogP contribution in [0.5, 0.6) is 0 Å². The Bertz CT molecular complexity index is 630. The smallest absolute Gasteiger partial charge is 0.131 e. The third-order valence-electron chi connectivity index (χ3n) is 3.31. The molecular formula is C17H24ClN5. The van der Waals surface area contributed by atoms with Gasteiger partial charge in [-0.05, 0) is 45.1 Å². The molecule has 0 spiro atoms. The summed E-state index contributed by atoms with van der Waals surface area (Å²) in [5, 5.41) is 7.44. The van der Waals surface area contributed by atoms with Gasteiger partial charge in [0.25, 0.3) is 0 Å². The average Bonchev–Trinajstić information content (AvgIpc) is 2.46. The van der Waals surface area contributed by atoms with Crippen LogP contribution in [0.25, 0.3) is 0 Å². The summed E-state index contributed by atoms with van der Waals surface area (Å²) in [6.45, 7) is 4.51. The van der Waals surface area contributed by atoms with Crippen molar-refractivity contribution < 1.29 is 0 Å². The maximum absolute atomic E-state index is 6.00. The number of anilines is 2. The normalized spacial score (nSPS) is 10.8. The molecule has 1 aromatic carbocycles. The van der Waals surface area contributed by atoms with Gasteiger partial charge in [-0.3, -0.25) is 0 Å². The number of halogens is 1. The van der Waals surface area contributed by atoms with Crippen molar-refractivity contribution in [2.24, 2.45) is 0 Å². The van der Waals surface area contributed by atoms with E-state index in [4.69, 9.17) is 11.6 Å². The van der Waals surface area contributed by atoms with Gasteiger partial charge in [0.15, 0.2) is 0 Å². The number of likely N-dealkylation sites (N-methyl/N-ethyl adjacent to an activating group) is 1. The highest BCUT2D eigenvalue weighted by molar-refractivity contribution is 6.30. The Labute approximate surface area is 143 Å². The first-order valence-electron chi connectivity index (χ1n) is 7.75. The van der Waals surface area contributed by atoms with E-state index in [-0.39, 0.29) is 0 Å². The van der Waals surface area contributed by atoms with Gasteiger partial charge >= 0.3 is 0 Å².